The molecule has 7 heteroatoms. The van der Waals surface area contributed by atoms with E-state index in [-0.39, 0.29) is 11.9 Å². The van der Waals surface area contributed by atoms with Gasteiger partial charge in [-0.3, -0.25) is 9.69 Å². The van der Waals surface area contributed by atoms with Crippen molar-refractivity contribution in [3.63, 3.8) is 0 Å². The van der Waals surface area contributed by atoms with E-state index < -0.39 is 10.0 Å². The highest BCUT2D eigenvalue weighted by molar-refractivity contribution is 7.88. The first-order chi connectivity index (χ1) is 15.7. The summed E-state index contributed by atoms with van der Waals surface area (Å²) in [5, 5.41) is 0. The number of carbonyl (C=O) groups excluding carboxylic acids is 1. The summed E-state index contributed by atoms with van der Waals surface area (Å²) in [7, 11) is -3.31. The van der Waals surface area contributed by atoms with Crippen LogP contribution in [0.1, 0.15) is 46.3 Å². The van der Waals surface area contributed by atoms with Gasteiger partial charge in [0.2, 0.25) is 10.0 Å². The highest BCUT2D eigenvalue weighted by Gasteiger charge is 2.37. The smallest absolute Gasteiger partial charge is 0.254 e. The summed E-state index contributed by atoms with van der Waals surface area (Å²) in [6.07, 6.45) is 4.03. The van der Waals surface area contributed by atoms with Gasteiger partial charge < -0.3 is 4.90 Å². The third-order valence-corrected chi connectivity index (χ3v) is 8.45. The van der Waals surface area contributed by atoms with Crippen LogP contribution in [0.3, 0.4) is 0 Å². The van der Waals surface area contributed by atoms with Gasteiger partial charge >= 0.3 is 0 Å². The van der Waals surface area contributed by atoms with E-state index in [4.69, 9.17) is 0 Å². The van der Waals surface area contributed by atoms with Gasteiger partial charge in [0.1, 0.15) is 0 Å². The molecule has 2 aromatic carbocycles. The molecule has 0 spiro atoms. The molecule has 1 amide bonds. The van der Waals surface area contributed by atoms with Gasteiger partial charge in [-0.1, -0.05) is 48.5 Å². The van der Waals surface area contributed by atoms with Crippen LogP contribution in [-0.2, 0) is 16.6 Å². The van der Waals surface area contributed by atoms with Crippen molar-refractivity contribution in [2.24, 2.45) is 0 Å². The number of rotatable bonds is 6. The molecule has 0 aliphatic carbocycles. The van der Waals surface area contributed by atoms with Gasteiger partial charge in [0, 0.05) is 50.4 Å². The van der Waals surface area contributed by atoms with Crippen LogP contribution in [0.15, 0.2) is 48.5 Å². The van der Waals surface area contributed by atoms with Crippen LogP contribution >= 0.6 is 0 Å². The van der Waals surface area contributed by atoms with Gasteiger partial charge in [-0.05, 0) is 49.8 Å². The van der Waals surface area contributed by atoms with Crippen molar-refractivity contribution in [2.75, 3.05) is 32.4 Å². The Morgan fingerprint density at radius 2 is 1.58 bits per heavy atom. The van der Waals surface area contributed by atoms with Gasteiger partial charge in [-0.25, -0.2) is 8.42 Å². The lowest BCUT2D eigenvalue weighted by atomic mass is 9.98. The summed E-state index contributed by atoms with van der Waals surface area (Å²) in [5.74, 6) is 0.134. The van der Waals surface area contributed by atoms with E-state index in [0.717, 1.165) is 67.7 Å². The van der Waals surface area contributed by atoms with Crippen molar-refractivity contribution in [3.8, 4) is 0 Å². The second-order valence-electron chi connectivity index (χ2n) is 9.52. The first kappa shape index (κ1) is 23.9. The summed E-state index contributed by atoms with van der Waals surface area (Å²) < 4.78 is 26.8. The molecule has 0 bridgehead atoms. The molecule has 2 heterocycles. The van der Waals surface area contributed by atoms with Gasteiger partial charge in [0.15, 0.2) is 0 Å². The van der Waals surface area contributed by atoms with Crippen LogP contribution in [0.4, 0.5) is 0 Å². The Bertz CT molecular complexity index is 1060. The van der Waals surface area contributed by atoms with Crippen molar-refractivity contribution in [1.29, 1.82) is 0 Å². The lowest BCUT2D eigenvalue weighted by molar-refractivity contribution is 0.0638. The molecule has 2 fully saturated rings. The first-order valence-corrected chi connectivity index (χ1v) is 13.7. The maximum atomic E-state index is 13.1. The lowest BCUT2D eigenvalue weighted by Gasteiger charge is -2.37. The van der Waals surface area contributed by atoms with Crippen LogP contribution in [0.25, 0.3) is 0 Å². The number of sulfonamides is 1. The van der Waals surface area contributed by atoms with Crippen molar-refractivity contribution in [3.05, 3.63) is 70.8 Å². The molecule has 0 radical (unpaired) electrons. The van der Waals surface area contributed by atoms with Gasteiger partial charge in [0.05, 0.1) is 6.26 Å². The normalized spacial score (nSPS) is 20.5. The number of nitrogens with zero attached hydrogens (tertiary/aromatic N) is 3. The minimum Gasteiger partial charge on any atom is -0.339 e. The fraction of sp³-hybridized carbons (Fsp3) is 0.500. The molecule has 2 aliphatic heterocycles. The summed E-state index contributed by atoms with van der Waals surface area (Å²) in [5.41, 5.74) is 3.91. The minimum absolute atomic E-state index is 0.00511. The zero-order valence-corrected chi connectivity index (χ0v) is 20.7. The predicted octanol–water partition coefficient (Wildman–Crippen LogP) is 3.44. The Kier molecular flexibility index (Phi) is 7.22. The molecule has 4 rings (SSSR count). The Hall–Kier alpha value is -2.22. The Morgan fingerprint density at radius 1 is 0.939 bits per heavy atom. The molecule has 178 valence electrons. The molecule has 6 nitrogen and oxygen atoms in total. The number of hydrogen-bond acceptors (Lipinski definition) is 4. The fourth-order valence-corrected chi connectivity index (χ4v) is 6.46. The van der Waals surface area contributed by atoms with Crippen LogP contribution in [0, 0.1) is 13.8 Å². The topological polar surface area (TPSA) is 60.9 Å². The average molecular weight is 470 g/mol. The second kappa shape index (κ2) is 9.95. The molecule has 33 heavy (non-hydrogen) atoms. The third kappa shape index (κ3) is 5.48. The van der Waals surface area contributed by atoms with E-state index in [9.17, 15) is 13.2 Å². The molecule has 2 aliphatic rings. The molecular formula is C26H35N3O3S. The Labute approximate surface area is 198 Å². The van der Waals surface area contributed by atoms with E-state index in [1.54, 1.807) is 4.31 Å². The molecule has 2 saturated heterocycles. The molecule has 2 aromatic rings. The number of aryl methyl sites for hydroxylation is 2. The van der Waals surface area contributed by atoms with Crippen LogP contribution < -0.4 is 0 Å². The highest BCUT2D eigenvalue weighted by atomic mass is 32.2. The maximum Gasteiger partial charge on any atom is 0.254 e. The molecule has 1 unspecified atom stereocenters. The summed E-state index contributed by atoms with van der Waals surface area (Å²) in [6, 6.07) is 16.2. The zero-order valence-electron chi connectivity index (χ0n) is 19.9. The summed E-state index contributed by atoms with van der Waals surface area (Å²) in [6.45, 7) is 7.58. The number of benzene rings is 2. The lowest BCUT2D eigenvalue weighted by Crippen LogP contribution is -2.47. The predicted molar refractivity (Wildman–Crippen MR) is 132 cm³/mol. The largest absolute Gasteiger partial charge is 0.339 e. The summed E-state index contributed by atoms with van der Waals surface area (Å²) in [4.78, 5) is 17.6. The summed E-state index contributed by atoms with van der Waals surface area (Å²) >= 11 is 0. The van der Waals surface area contributed by atoms with Gasteiger partial charge in [-0.15, -0.1) is 0 Å². The van der Waals surface area contributed by atoms with Crippen molar-refractivity contribution < 1.29 is 13.2 Å². The number of likely N-dealkylation sites (tertiary alicyclic amines) is 2. The van der Waals surface area contributed by atoms with Crippen molar-refractivity contribution in [2.45, 2.75) is 51.7 Å². The van der Waals surface area contributed by atoms with Crippen LogP contribution in [-0.4, -0.2) is 72.9 Å². The van der Waals surface area contributed by atoms with E-state index in [2.05, 4.69) is 4.90 Å². The Morgan fingerprint density at radius 3 is 2.18 bits per heavy atom. The van der Waals surface area contributed by atoms with E-state index >= 15 is 0 Å². The molecule has 0 N–H and O–H groups in total. The monoisotopic (exact) mass is 469 g/mol. The van der Waals surface area contributed by atoms with Gasteiger partial charge in [0.25, 0.3) is 5.91 Å². The zero-order chi connectivity index (χ0) is 23.6. The third-order valence-electron chi connectivity index (χ3n) is 7.17. The van der Waals surface area contributed by atoms with Crippen molar-refractivity contribution >= 4 is 15.9 Å². The van der Waals surface area contributed by atoms with E-state index in [0.29, 0.717) is 12.6 Å². The minimum atomic E-state index is -3.31. The van der Waals surface area contributed by atoms with Crippen molar-refractivity contribution in [1.82, 2.24) is 14.1 Å². The second-order valence-corrected chi connectivity index (χ2v) is 11.5. The first-order valence-electron chi connectivity index (χ1n) is 11.8. The quantitative estimate of drug-likeness (QED) is 0.650. The number of amides is 1. The van der Waals surface area contributed by atoms with E-state index in [1.165, 1.54) is 6.26 Å². The average Bonchev–Trinajstić information content (AvgIpc) is 3.27. The highest BCUT2D eigenvalue weighted by Crippen LogP contribution is 2.27. The number of carbonyl (C=O) groups is 1. The fourth-order valence-electron chi connectivity index (χ4n) is 5.36. The standard InChI is InChI=1S/C26H35N3O3S/c1-20-8-7-9-21(2)25(20)26(30)27-15-12-23(13-16-27)28-17-14-24(19-28)29(33(3,31)32)18-22-10-5-4-6-11-22/h4-11,23-24H,12-19H2,1-3H3. The molecule has 0 aromatic heterocycles. The molecule has 1 atom stereocenters. The SMILES string of the molecule is Cc1cccc(C)c1C(=O)N1CCC(N2CCC(N(Cc3ccccc3)S(C)(=O)=O)C2)CC1. The molecular weight excluding hydrogens is 434 g/mol. The Balaban J connectivity index is 1.36. The number of hydrogen-bond donors (Lipinski definition) is 0. The van der Waals surface area contributed by atoms with E-state index in [1.807, 2.05) is 67.3 Å². The van der Waals surface area contributed by atoms with Crippen LogP contribution in [0.5, 0.6) is 0 Å². The number of piperidine rings is 1. The maximum absolute atomic E-state index is 13.1. The molecule has 0 saturated carbocycles. The van der Waals surface area contributed by atoms with Crippen LogP contribution in [0.2, 0.25) is 0 Å². The van der Waals surface area contributed by atoms with Gasteiger partial charge in [-0.2, -0.15) is 4.31 Å².